The van der Waals surface area contributed by atoms with Crippen LogP contribution < -0.4 is 5.32 Å². The number of nitrogens with zero attached hydrogens (tertiary/aromatic N) is 1. The Morgan fingerprint density at radius 1 is 1.19 bits per heavy atom. The molecule has 0 saturated carbocycles. The van der Waals surface area contributed by atoms with E-state index in [9.17, 15) is 14.0 Å². The molecular formula is C21H23FN2O3. The van der Waals surface area contributed by atoms with Gasteiger partial charge in [-0.1, -0.05) is 24.3 Å². The Kier molecular flexibility index (Phi) is 6.19. The molecule has 0 unspecified atom stereocenters. The van der Waals surface area contributed by atoms with Gasteiger partial charge in [0.2, 0.25) is 5.91 Å². The Balaban J connectivity index is 1.63. The third kappa shape index (κ3) is 4.92. The predicted molar refractivity (Wildman–Crippen MR) is 101 cm³/mol. The molecule has 3 rings (SSSR count). The molecule has 1 heterocycles. The molecule has 0 bridgehead atoms. The fourth-order valence-electron chi connectivity index (χ4n) is 3.38. The highest BCUT2D eigenvalue weighted by molar-refractivity contribution is 6.01. The lowest BCUT2D eigenvalue weighted by atomic mass is 9.96. The van der Waals surface area contributed by atoms with E-state index in [0.29, 0.717) is 24.3 Å². The fourth-order valence-corrected chi connectivity index (χ4v) is 3.38. The van der Waals surface area contributed by atoms with Gasteiger partial charge in [0.15, 0.2) is 0 Å². The maximum atomic E-state index is 13.1. The van der Waals surface area contributed by atoms with Gasteiger partial charge in [0.1, 0.15) is 5.82 Å². The number of carbonyl (C=O) groups is 2. The summed E-state index contributed by atoms with van der Waals surface area (Å²) in [7, 11) is 1.31. The molecule has 2 aromatic carbocycles. The van der Waals surface area contributed by atoms with Crippen molar-refractivity contribution in [1.82, 2.24) is 4.90 Å². The van der Waals surface area contributed by atoms with Gasteiger partial charge in [-0.3, -0.25) is 9.69 Å². The standard InChI is InChI=1S/C21H23FN2O3/c1-27-21(26)18-6-2-3-7-19(18)23-20(25)16-5-4-12-24(14-16)13-15-8-10-17(22)11-9-15/h2-3,6-11,16H,4-5,12-14H2,1H3,(H,23,25)/t16-/m1/s1. The van der Waals surface area contributed by atoms with Crippen molar-refractivity contribution in [2.75, 3.05) is 25.5 Å². The topological polar surface area (TPSA) is 58.6 Å². The number of rotatable bonds is 5. The number of hydrogen-bond acceptors (Lipinski definition) is 4. The lowest BCUT2D eigenvalue weighted by Crippen LogP contribution is -2.40. The van der Waals surface area contributed by atoms with Crippen molar-refractivity contribution in [3.8, 4) is 0 Å². The van der Waals surface area contributed by atoms with E-state index < -0.39 is 5.97 Å². The molecule has 1 aliphatic heterocycles. The van der Waals surface area contributed by atoms with E-state index in [-0.39, 0.29) is 17.6 Å². The van der Waals surface area contributed by atoms with E-state index in [0.717, 1.165) is 24.9 Å². The first-order valence-electron chi connectivity index (χ1n) is 9.02. The van der Waals surface area contributed by atoms with Crippen molar-refractivity contribution in [1.29, 1.82) is 0 Å². The monoisotopic (exact) mass is 370 g/mol. The molecule has 5 nitrogen and oxygen atoms in total. The number of piperidine rings is 1. The molecule has 0 spiro atoms. The number of amides is 1. The van der Waals surface area contributed by atoms with Crippen LogP contribution in [0, 0.1) is 11.7 Å². The number of likely N-dealkylation sites (tertiary alicyclic amines) is 1. The molecule has 0 aliphatic carbocycles. The van der Waals surface area contributed by atoms with Gasteiger partial charge in [-0.2, -0.15) is 0 Å². The highest BCUT2D eigenvalue weighted by Gasteiger charge is 2.26. The molecule has 0 radical (unpaired) electrons. The first kappa shape index (κ1) is 19.0. The summed E-state index contributed by atoms with van der Waals surface area (Å²) >= 11 is 0. The van der Waals surface area contributed by atoms with Crippen molar-refractivity contribution in [2.24, 2.45) is 5.92 Å². The average molecular weight is 370 g/mol. The van der Waals surface area contributed by atoms with E-state index in [1.54, 1.807) is 36.4 Å². The molecule has 142 valence electrons. The van der Waals surface area contributed by atoms with Crippen LogP contribution in [0.15, 0.2) is 48.5 Å². The van der Waals surface area contributed by atoms with Crippen molar-refractivity contribution in [3.63, 3.8) is 0 Å². The summed E-state index contributed by atoms with van der Waals surface area (Å²) in [5, 5.41) is 2.87. The van der Waals surface area contributed by atoms with Crippen molar-refractivity contribution in [2.45, 2.75) is 19.4 Å². The number of hydrogen-bond donors (Lipinski definition) is 1. The summed E-state index contributed by atoms with van der Waals surface area (Å²) in [6, 6.07) is 13.3. The molecule has 1 amide bonds. The van der Waals surface area contributed by atoms with Crippen LogP contribution in [0.1, 0.15) is 28.8 Å². The summed E-state index contributed by atoms with van der Waals surface area (Å²) in [5.74, 6) is -0.994. The maximum absolute atomic E-state index is 13.1. The Bertz CT molecular complexity index is 807. The number of esters is 1. The summed E-state index contributed by atoms with van der Waals surface area (Å²) in [5.41, 5.74) is 1.82. The van der Waals surface area contributed by atoms with Crippen molar-refractivity contribution < 1.29 is 18.7 Å². The second-order valence-corrected chi connectivity index (χ2v) is 6.73. The maximum Gasteiger partial charge on any atom is 0.339 e. The first-order chi connectivity index (χ1) is 13.1. The second kappa shape index (κ2) is 8.77. The number of methoxy groups -OCH3 is 1. The minimum absolute atomic E-state index is 0.102. The number of nitrogens with one attached hydrogen (secondary N) is 1. The number of benzene rings is 2. The quantitative estimate of drug-likeness (QED) is 0.819. The van der Waals surface area contributed by atoms with Gasteiger partial charge in [-0.25, -0.2) is 9.18 Å². The Hall–Kier alpha value is -2.73. The van der Waals surface area contributed by atoms with Crippen LogP contribution >= 0.6 is 0 Å². The van der Waals surface area contributed by atoms with Gasteiger partial charge in [0, 0.05) is 13.1 Å². The van der Waals surface area contributed by atoms with Crippen LogP contribution in [-0.2, 0) is 16.1 Å². The Morgan fingerprint density at radius 2 is 1.93 bits per heavy atom. The lowest BCUT2D eigenvalue weighted by molar-refractivity contribution is -0.121. The number of carbonyl (C=O) groups excluding carboxylic acids is 2. The van der Waals surface area contributed by atoms with E-state index >= 15 is 0 Å². The number of anilines is 1. The van der Waals surface area contributed by atoms with Gasteiger partial charge in [0.25, 0.3) is 0 Å². The molecule has 1 N–H and O–H groups in total. The summed E-state index contributed by atoms with van der Waals surface area (Å²) < 4.78 is 17.8. The van der Waals surface area contributed by atoms with Gasteiger partial charge in [-0.15, -0.1) is 0 Å². The number of halogens is 1. The molecule has 27 heavy (non-hydrogen) atoms. The van der Waals surface area contributed by atoms with Crippen LogP contribution in [0.25, 0.3) is 0 Å². The minimum atomic E-state index is -0.479. The molecule has 0 aromatic heterocycles. The molecule has 1 fully saturated rings. The molecule has 2 aromatic rings. The highest BCUT2D eigenvalue weighted by Crippen LogP contribution is 2.22. The number of para-hydroxylation sites is 1. The van der Waals surface area contributed by atoms with Crippen LogP contribution in [0.2, 0.25) is 0 Å². The zero-order chi connectivity index (χ0) is 19.2. The first-order valence-corrected chi connectivity index (χ1v) is 9.02. The van der Waals surface area contributed by atoms with Gasteiger partial charge in [-0.05, 0) is 49.2 Å². The Morgan fingerprint density at radius 3 is 2.67 bits per heavy atom. The lowest BCUT2D eigenvalue weighted by Gasteiger charge is -2.32. The molecule has 1 atom stereocenters. The summed E-state index contributed by atoms with van der Waals surface area (Å²) in [4.78, 5) is 26.8. The van der Waals surface area contributed by atoms with E-state index in [4.69, 9.17) is 4.74 Å². The molecule has 1 saturated heterocycles. The average Bonchev–Trinajstić information content (AvgIpc) is 2.70. The van der Waals surface area contributed by atoms with Crippen LogP contribution in [-0.4, -0.2) is 37.0 Å². The zero-order valence-electron chi connectivity index (χ0n) is 15.3. The molecule has 1 aliphatic rings. The fraction of sp³-hybridized carbons (Fsp3) is 0.333. The third-order valence-electron chi connectivity index (χ3n) is 4.79. The summed E-state index contributed by atoms with van der Waals surface area (Å²) in [6.07, 6.45) is 1.71. The number of ether oxygens (including phenoxy) is 1. The van der Waals surface area contributed by atoms with Crippen LogP contribution in [0.3, 0.4) is 0 Å². The van der Waals surface area contributed by atoms with E-state index in [1.807, 2.05) is 0 Å². The molecule has 6 heteroatoms. The van der Waals surface area contributed by atoms with Gasteiger partial charge < -0.3 is 10.1 Å². The van der Waals surface area contributed by atoms with Crippen LogP contribution in [0.4, 0.5) is 10.1 Å². The SMILES string of the molecule is COC(=O)c1ccccc1NC(=O)[C@@H]1CCCN(Cc2ccc(F)cc2)C1. The largest absolute Gasteiger partial charge is 0.465 e. The van der Waals surface area contributed by atoms with Crippen molar-refractivity contribution in [3.05, 3.63) is 65.5 Å². The van der Waals surface area contributed by atoms with Gasteiger partial charge >= 0.3 is 5.97 Å². The zero-order valence-corrected chi connectivity index (χ0v) is 15.3. The minimum Gasteiger partial charge on any atom is -0.465 e. The second-order valence-electron chi connectivity index (χ2n) is 6.73. The predicted octanol–water partition coefficient (Wildman–Crippen LogP) is 3.46. The highest BCUT2D eigenvalue weighted by atomic mass is 19.1. The van der Waals surface area contributed by atoms with Crippen molar-refractivity contribution >= 4 is 17.6 Å². The normalized spacial score (nSPS) is 17.3. The molecular weight excluding hydrogens is 347 g/mol. The smallest absolute Gasteiger partial charge is 0.339 e. The third-order valence-corrected chi connectivity index (χ3v) is 4.79. The van der Waals surface area contributed by atoms with Crippen LogP contribution in [0.5, 0.6) is 0 Å². The van der Waals surface area contributed by atoms with E-state index in [2.05, 4.69) is 10.2 Å². The van der Waals surface area contributed by atoms with E-state index in [1.165, 1.54) is 19.2 Å². The summed E-state index contributed by atoms with van der Waals surface area (Å²) in [6.45, 7) is 2.21. The van der Waals surface area contributed by atoms with Gasteiger partial charge in [0.05, 0.1) is 24.3 Å². The Labute approximate surface area is 158 Å².